The maximum atomic E-state index is 6.27. The zero-order valence-electron chi connectivity index (χ0n) is 10.7. The van der Waals surface area contributed by atoms with Crippen LogP contribution in [0, 0.1) is 0 Å². The number of nitrogens with two attached hydrogens (primary N) is 1. The molecule has 0 saturated heterocycles. The molecule has 0 bridgehead atoms. The number of methoxy groups -OCH3 is 1. The van der Waals surface area contributed by atoms with Crippen LogP contribution in [0.4, 0.5) is 0 Å². The summed E-state index contributed by atoms with van der Waals surface area (Å²) in [6.07, 6.45) is 0. The molecular weight excluding hydrogens is 363 g/mol. The van der Waals surface area contributed by atoms with Crippen molar-refractivity contribution in [3.63, 3.8) is 0 Å². The number of nitrogens with one attached hydrogen (secondary N) is 1. The van der Waals surface area contributed by atoms with Crippen molar-refractivity contribution in [3.8, 4) is 5.75 Å². The van der Waals surface area contributed by atoms with Gasteiger partial charge in [0.25, 0.3) is 0 Å². The molecule has 3 nitrogen and oxygen atoms in total. The van der Waals surface area contributed by atoms with Gasteiger partial charge in [0.15, 0.2) is 0 Å². The Kier molecular flexibility index (Phi) is 5.29. The topological polar surface area (TPSA) is 47.3 Å². The number of hydrazine groups is 1. The van der Waals surface area contributed by atoms with Crippen LogP contribution in [0.25, 0.3) is 0 Å². The first-order valence-electron chi connectivity index (χ1n) is 5.81. The minimum absolute atomic E-state index is 0.248. The highest BCUT2D eigenvalue weighted by Crippen LogP contribution is 2.33. The molecule has 106 valence electrons. The Labute approximate surface area is 136 Å². The van der Waals surface area contributed by atoms with Gasteiger partial charge in [-0.15, -0.1) is 0 Å². The van der Waals surface area contributed by atoms with Crippen molar-refractivity contribution in [1.29, 1.82) is 0 Å². The first-order valence-corrected chi connectivity index (χ1v) is 7.36. The van der Waals surface area contributed by atoms with Gasteiger partial charge in [-0.1, -0.05) is 51.3 Å². The largest absolute Gasteiger partial charge is 0.495 e. The van der Waals surface area contributed by atoms with Gasteiger partial charge < -0.3 is 4.74 Å². The van der Waals surface area contributed by atoms with Crippen LogP contribution in [0.1, 0.15) is 17.2 Å². The second kappa shape index (κ2) is 6.78. The van der Waals surface area contributed by atoms with Crippen molar-refractivity contribution < 1.29 is 4.74 Å². The molecule has 1 unspecified atom stereocenters. The lowest BCUT2D eigenvalue weighted by atomic mass is 9.99. The lowest BCUT2D eigenvalue weighted by Crippen LogP contribution is -2.29. The van der Waals surface area contributed by atoms with Crippen LogP contribution in [-0.4, -0.2) is 7.11 Å². The molecule has 0 radical (unpaired) electrons. The monoisotopic (exact) mass is 374 g/mol. The van der Waals surface area contributed by atoms with Crippen LogP contribution in [-0.2, 0) is 0 Å². The summed E-state index contributed by atoms with van der Waals surface area (Å²) in [5.74, 6) is 6.27. The van der Waals surface area contributed by atoms with E-state index >= 15 is 0 Å². The minimum atomic E-state index is -0.248. The van der Waals surface area contributed by atoms with Gasteiger partial charge in [-0.25, -0.2) is 5.43 Å². The van der Waals surface area contributed by atoms with E-state index in [-0.39, 0.29) is 6.04 Å². The third kappa shape index (κ3) is 3.27. The molecule has 0 aliphatic carbocycles. The van der Waals surface area contributed by atoms with E-state index in [1.807, 2.05) is 30.3 Å². The van der Waals surface area contributed by atoms with Gasteiger partial charge in [0.1, 0.15) is 5.75 Å². The maximum Gasteiger partial charge on any atom is 0.137 e. The van der Waals surface area contributed by atoms with Crippen LogP contribution in [0.2, 0.25) is 10.0 Å². The van der Waals surface area contributed by atoms with E-state index < -0.39 is 0 Å². The first kappa shape index (κ1) is 15.6. The van der Waals surface area contributed by atoms with Crippen LogP contribution in [0.15, 0.2) is 40.9 Å². The second-order valence-electron chi connectivity index (χ2n) is 4.16. The minimum Gasteiger partial charge on any atom is -0.495 e. The van der Waals surface area contributed by atoms with Gasteiger partial charge in [-0.05, 0) is 35.4 Å². The number of ether oxygens (including phenoxy) is 1. The molecule has 6 heteroatoms. The summed E-state index contributed by atoms with van der Waals surface area (Å²) in [5, 5.41) is 1.17. The molecule has 0 aliphatic heterocycles. The number of hydrogen-bond acceptors (Lipinski definition) is 3. The Balaban J connectivity index is 2.46. The summed E-state index contributed by atoms with van der Waals surface area (Å²) in [6.45, 7) is 0. The molecule has 0 amide bonds. The van der Waals surface area contributed by atoms with Crippen molar-refractivity contribution >= 4 is 39.1 Å². The van der Waals surface area contributed by atoms with E-state index in [2.05, 4.69) is 21.4 Å². The highest BCUT2D eigenvalue weighted by molar-refractivity contribution is 9.10. The van der Waals surface area contributed by atoms with Gasteiger partial charge >= 0.3 is 0 Å². The molecule has 0 fully saturated rings. The van der Waals surface area contributed by atoms with E-state index in [9.17, 15) is 0 Å². The Morgan fingerprint density at radius 2 is 1.90 bits per heavy atom. The van der Waals surface area contributed by atoms with Gasteiger partial charge in [0, 0.05) is 9.50 Å². The van der Waals surface area contributed by atoms with Gasteiger partial charge in [-0.2, -0.15) is 0 Å². The lowest BCUT2D eigenvalue weighted by molar-refractivity contribution is 0.414. The molecule has 2 rings (SSSR count). The van der Waals surface area contributed by atoms with E-state index in [0.717, 1.165) is 15.6 Å². The third-order valence-electron chi connectivity index (χ3n) is 2.95. The SMILES string of the molecule is COc1cc(C(NN)c2ccc(Br)cc2Cl)ccc1Cl. The Morgan fingerprint density at radius 1 is 1.15 bits per heavy atom. The molecular formula is C14H13BrCl2N2O. The van der Waals surface area contributed by atoms with Crippen LogP contribution < -0.4 is 16.0 Å². The third-order valence-corrected chi connectivity index (χ3v) is 4.08. The van der Waals surface area contributed by atoms with Crippen molar-refractivity contribution in [1.82, 2.24) is 5.43 Å². The fourth-order valence-electron chi connectivity index (χ4n) is 1.96. The number of rotatable bonds is 4. The molecule has 2 aromatic rings. The van der Waals surface area contributed by atoms with E-state index in [1.165, 1.54) is 0 Å². The molecule has 0 heterocycles. The van der Waals surface area contributed by atoms with Crippen molar-refractivity contribution in [2.24, 2.45) is 5.84 Å². The summed E-state index contributed by atoms with van der Waals surface area (Å²) in [6, 6.07) is 10.9. The predicted molar refractivity (Wildman–Crippen MR) is 86.3 cm³/mol. The van der Waals surface area contributed by atoms with E-state index in [0.29, 0.717) is 15.8 Å². The molecule has 0 spiro atoms. The maximum absolute atomic E-state index is 6.27. The average Bonchev–Trinajstić information content (AvgIpc) is 2.43. The normalized spacial score (nSPS) is 12.2. The summed E-state index contributed by atoms with van der Waals surface area (Å²) >= 11 is 15.7. The number of benzene rings is 2. The van der Waals surface area contributed by atoms with E-state index in [4.69, 9.17) is 33.8 Å². The smallest absolute Gasteiger partial charge is 0.137 e. The zero-order valence-corrected chi connectivity index (χ0v) is 13.8. The molecule has 1 atom stereocenters. The average molecular weight is 376 g/mol. The standard InChI is InChI=1S/C14H13BrCl2N2O/c1-20-13-6-8(2-5-11(13)16)14(19-18)10-4-3-9(15)7-12(10)17/h2-7,14,19H,18H2,1H3. The lowest BCUT2D eigenvalue weighted by Gasteiger charge is -2.19. The second-order valence-corrected chi connectivity index (χ2v) is 5.89. The Bertz CT molecular complexity index is 622. The van der Waals surface area contributed by atoms with Gasteiger partial charge in [-0.3, -0.25) is 5.84 Å². The summed E-state index contributed by atoms with van der Waals surface area (Å²) < 4.78 is 6.14. The van der Waals surface area contributed by atoms with Crippen molar-refractivity contribution in [3.05, 3.63) is 62.0 Å². The van der Waals surface area contributed by atoms with Gasteiger partial charge in [0.05, 0.1) is 18.2 Å². The zero-order chi connectivity index (χ0) is 14.7. The highest BCUT2D eigenvalue weighted by atomic mass is 79.9. The Hall–Kier alpha value is -0.780. The summed E-state index contributed by atoms with van der Waals surface area (Å²) in [4.78, 5) is 0. The molecule has 2 aromatic carbocycles. The van der Waals surface area contributed by atoms with Crippen LogP contribution in [0.3, 0.4) is 0 Å². The fraction of sp³-hybridized carbons (Fsp3) is 0.143. The molecule has 3 N–H and O–H groups in total. The van der Waals surface area contributed by atoms with Gasteiger partial charge in [0.2, 0.25) is 0 Å². The number of halogens is 3. The molecule has 0 saturated carbocycles. The summed E-state index contributed by atoms with van der Waals surface area (Å²) in [5.41, 5.74) is 4.56. The molecule has 20 heavy (non-hydrogen) atoms. The van der Waals surface area contributed by atoms with Crippen LogP contribution >= 0.6 is 39.1 Å². The van der Waals surface area contributed by atoms with E-state index in [1.54, 1.807) is 13.2 Å². The van der Waals surface area contributed by atoms with Crippen molar-refractivity contribution in [2.45, 2.75) is 6.04 Å². The fourth-order valence-corrected chi connectivity index (χ4v) is 2.93. The first-order chi connectivity index (χ1) is 9.56. The highest BCUT2D eigenvalue weighted by Gasteiger charge is 2.17. The number of hydrogen-bond donors (Lipinski definition) is 2. The van der Waals surface area contributed by atoms with Crippen molar-refractivity contribution in [2.75, 3.05) is 7.11 Å². The Morgan fingerprint density at radius 3 is 2.50 bits per heavy atom. The quantitative estimate of drug-likeness (QED) is 0.618. The predicted octanol–water partition coefficient (Wildman–Crippen LogP) is 4.32. The molecule has 0 aromatic heterocycles. The molecule has 0 aliphatic rings. The van der Waals surface area contributed by atoms with Crippen LogP contribution in [0.5, 0.6) is 5.75 Å². The summed E-state index contributed by atoms with van der Waals surface area (Å²) in [7, 11) is 1.57.